The smallest absolute Gasteiger partial charge is 0.150 e. The van der Waals surface area contributed by atoms with E-state index in [1.165, 1.54) is 0 Å². The maximum atomic E-state index is 10.5. The Bertz CT molecular complexity index is 474. The molecular formula is C13H11NO. The summed E-state index contributed by atoms with van der Waals surface area (Å²) in [7, 11) is 0. The first-order valence-corrected chi connectivity index (χ1v) is 4.78. The molecular weight excluding hydrogens is 186 g/mol. The van der Waals surface area contributed by atoms with E-state index in [1.807, 2.05) is 43.3 Å². The molecule has 0 saturated carbocycles. The molecule has 1 heterocycles. The molecule has 0 spiro atoms. The highest BCUT2D eigenvalue weighted by atomic mass is 16.1. The number of pyridine rings is 1. The van der Waals surface area contributed by atoms with Crippen molar-refractivity contribution in [2.45, 2.75) is 6.92 Å². The van der Waals surface area contributed by atoms with E-state index in [0.29, 0.717) is 5.56 Å². The fourth-order valence-electron chi connectivity index (χ4n) is 1.48. The van der Waals surface area contributed by atoms with Gasteiger partial charge in [-0.2, -0.15) is 0 Å². The molecule has 2 nitrogen and oxygen atoms in total. The summed E-state index contributed by atoms with van der Waals surface area (Å²) in [5.74, 6) is 0. The fraction of sp³-hybridized carbons (Fsp3) is 0.0769. The third-order valence-electron chi connectivity index (χ3n) is 2.28. The highest BCUT2D eigenvalue weighted by Crippen LogP contribution is 2.19. The average Bonchev–Trinajstić information content (AvgIpc) is 2.29. The number of aromatic nitrogens is 1. The van der Waals surface area contributed by atoms with Crippen molar-refractivity contribution in [1.82, 2.24) is 4.98 Å². The molecule has 0 N–H and O–H groups in total. The van der Waals surface area contributed by atoms with E-state index < -0.39 is 0 Å². The zero-order chi connectivity index (χ0) is 10.7. The number of aryl methyl sites for hydroxylation is 1. The van der Waals surface area contributed by atoms with Gasteiger partial charge in [-0.3, -0.25) is 9.78 Å². The first kappa shape index (κ1) is 9.59. The van der Waals surface area contributed by atoms with Crippen LogP contribution in [0.2, 0.25) is 0 Å². The molecule has 2 aromatic rings. The minimum absolute atomic E-state index is 0.699. The fourth-order valence-corrected chi connectivity index (χ4v) is 1.48. The van der Waals surface area contributed by atoms with Crippen molar-refractivity contribution in [3.8, 4) is 11.1 Å². The summed E-state index contributed by atoms with van der Waals surface area (Å²) in [4.78, 5) is 14.6. The SMILES string of the molecule is Cc1cc(-c2ccc(C=O)cc2)ccn1. The van der Waals surface area contributed by atoms with Crippen LogP contribution in [0.15, 0.2) is 42.6 Å². The Hall–Kier alpha value is -1.96. The van der Waals surface area contributed by atoms with E-state index in [9.17, 15) is 4.79 Å². The van der Waals surface area contributed by atoms with Crippen molar-refractivity contribution in [2.24, 2.45) is 0 Å². The van der Waals surface area contributed by atoms with Gasteiger partial charge in [0, 0.05) is 17.5 Å². The largest absolute Gasteiger partial charge is 0.298 e. The summed E-state index contributed by atoms with van der Waals surface area (Å²) in [6.45, 7) is 1.96. The first-order chi connectivity index (χ1) is 7.29. The molecule has 0 bridgehead atoms. The minimum atomic E-state index is 0.699. The van der Waals surface area contributed by atoms with E-state index in [4.69, 9.17) is 0 Å². The molecule has 0 aliphatic heterocycles. The van der Waals surface area contributed by atoms with Gasteiger partial charge in [-0.15, -0.1) is 0 Å². The van der Waals surface area contributed by atoms with Gasteiger partial charge in [0.15, 0.2) is 0 Å². The number of hydrogen-bond donors (Lipinski definition) is 0. The van der Waals surface area contributed by atoms with Crippen molar-refractivity contribution < 1.29 is 4.79 Å². The van der Waals surface area contributed by atoms with Crippen LogP contribution in [0.3, 0.4) is 0 Å². The molecule has 0 aliphatic carbocycles. The molecule has 74 valence electrons. The predicted octanol–water partition coefficient (Wildman–Crippen LogP) is 2.87. The van der Waals surface area contributed by atoms with Gasteiger partial charge in [0.1, 0.15) is 6.29 Å². The highest BCUT2D eigenvalue weighted by molar-refractivity contribution is 5.76. The molecule has 2 rings (SSSR count). The lowest BCUT2D eigenvalue weighted by Crippen LogP contribution is -1.84. The lowest BCUT2D eigenvalue weighted by atomic mass is 10.0. The number of carbonyl (C=O) groups is 1. The van der Waals surface area contributed by atoms with Gasteiger partial charge in [0.2, 0.25) is 0 Å². The van der Waals surface area contributed by atoms with E-state index in [-0.39, 0.29) is 0 Å². The van der Waals surface area contributed by atoms with Crippen LogP contribution in [0.1, 0.15) is 16.1 Å². The summed E-state index contributed by atoms with van der Waals surface area (Å²) in [5.41, 5.74) is 3.92. The quantitative estimate of drug-likeness (QED) is 0.693. The molecule has 0 atom stereocenters. The molecule has 1 aromatic carbocycles. The number of hydrogen-bond acceptors (Lipinski definition) is 2. The number of carbonyl (C=O) groups excluding carboxylic acids is 1. The Morgan fingerprint density at radius 3 is 2.40 bits per heavy atom. The minimum Gasteiger partial charge on any atom is -0.298 e. The lowest BCUT2D eigenvalue weighted by molar-refractivity contribution is 0.112. The molecule has 15 heavy (non-hydrogen) atoms. The maximum absolute atomic E-state index is 10.5. The van der Waals surface area contributed by atoms with Gasteiger partial charge in [0.25, 0.3) is 0 Å². The summed E-state index contributed by atoms with van der Waals surface area (Å²) in [6, 6.07) is 11.5. The van der Waals surface area contributed by atoms with Crippen molar-refractivity contribution in [2.75, 3.05) is 0 Å². The third-order valence-corrected chi connectivity index (χ3v) is 2.28. The second kappa shape index (κ2) is 4.05. The zero-order valence-corrected chi connectivity index (χ0v) is 8.47. The number of nitrogens with zero attached hydrogens (tertiary/aromatic N) is 1. The maximum Gasteiger partial charge on any atom is 0.150 e. The van der Waals surface area contributed by atoms with Crippen LogP contribution in [0.5, 0.6) is 0 Å². The van der Waals surface area contributed by atoms with Crippen LogP contribution < -0.4 is 0 Å². The van der Waals surface area contributed by atoms with Gasteiger partial charge in [-0.1, -0.05) is 24.3 Å². The van der Waals surface area contributed by atoms with Crippen LogP contribution in [-0.4, -0.2) is 11.3 Å². The molecule has 1 aromatic heterocycles. The van der Waals surface area contributed by atoms with Crippen LogP contribution in [0, 0.1) is 6.92 Å². The van der Waals surface area contributed by atoms with Crippen LogP contribution in [0.4, 0.5) is 0 Å². The standard InChI is InChI=1S/C13H11NO/c1-10-8-13(6-7-14-10)12-4-2-11(9-15)3-5-12/h2-9H,1H3. The van der Waals surface area contributed by atoms with Crippen LogP contribution >= 0.6 is 0 Å². The molecule has 2 heteroatoms. The van der Waals surface area contributed by atoms with Crippen molar-refractivity contribution in [3.05, 3.63) is 53.9 Å². The zero-order valence-electron chi connectivity index (χ0n) is 8.47. The molecule has 0 saturated heterocycles. The average molecular weight is 197 g/mol. The van der Waals surface area contributed by atoms with Gasteiger partial charge in [0.05, 0.1) is 0 Å². The Morgan fingerprint density at radius 1 is 1.07 bits per heavy atom. The number of aldehydes is 1. The van der Waals surface area contributed by atoms with Gasteiger partial charge < -0.3 is 0 Å². The Morgan fingerprint density at radius 2 is 1.80 bits per heavy atom. The predicted molar refractivity (Wildman–Crippen MR) is 59.8 cm³/mol. The van der Waals surface area contributed by atoms with Crippen molar-refractivity contribution >= 4 is 6.29 Å². The monoisotopic (exact) mass is 197 g/mol. The van der Waals surface area contributed by atoms with E-state index >= 15 is 0 Å². The van der Waals surface area contributed by atoms with Gasteiger partial charge in [-0.05, 0) is 30.2 Å². The molecule has 0 fully saturated rings. The van der Waals surface area contributed by atoms with Gasteiger partial charge in [-0.25, -0.2) is 0 Å². The highest BCUT2D eigenvalue weighted by Gasteiger charge is 1.98. The van der Waals surface area contributed by atoms with E-state index in [2.05, 4.69) is 4.98 Å². The van der Waals surface area contributed by atoms with E-state index in [0.717, 1.165) is 23.1 Å². The number of benzene rings is 1. The number of rotatable bonds is 2. The van der Waals surface area contributed by atoms with Crippen LogP contribution in [0.25, 0.3) is 11.1 Å². The topological polar surface area (TPSA) is 30.0 Å². The van der Waals surface area contributed by atoms with E-state index in [1.54, 1.807) is 6.20 Å². The first-order valence-electron chi connectivity index (χ1n) is 4.78. The normalized spacial score (nSPS) is 9.93. The summed E-state index contributed by atoms with van der Waals surface area (Å²) in [6.07, 6.45) is 2.64. The van der Waals surface area contributed by atoms with Crippen molar-refractivity contribution in [3.63, 3.8) is 0 Å². The third kappa shape index (κ3) is 2.10. The van der Waals surface area contributed by atoms with Gasteiger partial charge >= 0.3 is 0 Å². The van der Waals surface area contributed by atoms with Crippen LogP contribution in [-0.2, 0) is 0 Å². The molecule has 0 amide bonds. The summed E-state index contributed by atoms with van der Waals surface area (Å²) in [5, 5.41) is 0. The second-order valence-electron chi connectivity index (χ2n) is 3.43. The lowest BCUT2D eigenvalue weighted by Gasteiger charge is -2.02. The summed E-state index contributed by atoms with van der Waals surface area (Å²) >= 11 is 0. The second-order valence-corrected chi connectivity index (χ2v) is 3.43. The summed E-state index contributed by atoms with van der Waals surface area (Å²) < 4.78 is 0. The Labute approximate surface area is 88.6 Å². The van der Waals surface area contributed by atoms with Crippen molar-refractivity contribution in [1.29, 1.82) is 0 Å². The molecule has 0 aliphatic rings. The molecule has 0 radical (unpaired) electrons. The Kier molecular flexibility index (Phi) is 2.59. The molecule has 0 unspecified atom stereocenters. The Balaban J connectivity index is 2.41.